The minimum atomic E-state index is -4.44. The predicted octanol–water partition coefficient (Wildman–Crippen LogP) is 5.14. The summed E-state index contributed by atoms with van der Waals surface area (Å²) >= 11 is 6.01. The van der Waals surface area contributed by atoms with Crippen LogP contribution in [0.2, 0.25) is 5.02 Å². The number of carbonyl (C=O) groups excluding carboxylic acids is 1. The Balaban J connectivity index is 1.46. The highest BCUT2D eigenvalue weighted by Crippen LogP contribution is 2.30. The number of hydrogen-bond donors (Lipinski definition) is 2. The van der Waals surface area contributed by atoms with Crippen LogP contribution < -0.4 is 10.6 Å². The fourth-order valence-corrected chi connectivity index (χ4v) is 3.47. The molecule has 0 atom stereocenters. The lowest BCUT2D eigenvalue weighted by atomic mass is 10.0. The molecular weight excluding hydrogens is 391 g/mol. The van der Waals surface area contributed by atoms with E-state index in [1.54, 1.807) is 0 Å². The molecule has 8 heteroatoms. The third-order valence-electron chi connectivity index (χ3n) is 4.67. The minimum Gasteiger partial charge on any atom is -0.335 e. The number of likely N-dealkylation sites (tertiary alicyclic amines) is 1. The van der Waals surface area contributed by atoms with Gasteiger partial charge < -0.3 is 10.6 Å². The highest BCUT2D eigenvalue weighted by atomic mass is 35.5. The van der Waals surface area contributed by atoms with Crippen molar-refractivity contribution in [2.45, 2.75) is 31.6 Å². The van der Waals surface area contributed by atoms with E-state index < -0.39 is 17.8 Å². The molecule has 0 spiro atoms. The van der Waals surface area contributed by atoms with Crippen molar-refractivity contribution in [1.82, 2.24) is 10.2 Å². The Kier molecular flexibility index (Phi) is 6.46. The first kappa shape index (κ1) is 20.5. The summed E-state index contributed by atoms with van der Waals surface area (Å²) in [5.41, 5.74) is 0.464. The van der Waals surface area contributed by atoms with Crippen LogP contribution in [0.5, 0.6) is 0 Å². The lowest BCUT2D eigenvalue weighted by molar-refractivity contribution is -0.137. The molecule has 1 saturated heterocycles. The molecule has 0 aromatic heterocycles. The van der Waals surface area contributed by atoms with Crippen LogP contribution in [0, 0.1) is 0 Å². The average molecular weight is 412 g/mol. The van der Waals surface area contributed by atoms with Crippen molar-refractivity contribution < 1.29 is 18.0 Å². The number of nitrogens with one attached hydrogen (secondary N) is 2. The van der Waals surface area contributed by atoms with Gasteiger partial charge in [-0.25, -0.2) is 4.79 Å². The van der Waals surface area contributed by atoms with Gasteiger partial charge in [0.2, 0.25) is 0 Å². The van der Waals surface area contributed by atoms with Gasteiger partial charge in [-0.05, 0) is 48.7 Å². The van der Waals surface area contributed by atoms with Gasteiger partial charge in [0.25, 0.3) is 0 Å². The van der Waals surface area contributed by atoms with Crippen molar-refractivity contribution >= 4 is 23.3 Å². The number of amides is 2. The van der Waals surface area contributed by atoms with Crippen LogP contribution in [0.1, 0.15) is 24.0 Å². The second-order valence-electron chi connectivity index (χ2n) is 6.86. The molecule has 0 bridgehead atoms. The van der Waals surface area contributed by atoms with E-state index >= 15 is 0 Å². The first-order valence-electron chi connectivity index (χ1n) is 9.01. The molecule has 2 N–H and O–H groups in total. The smallest absolute Gasteiger partial charge is 0.335 e. The molecule has 150 valence electrons. The summed E-state index contributed by atoms with van der Waals surface area (Å²) in [7, 11) is 0. The lowest BCUT2D eigenvalue weighted by Gasteiger charge is -2.32. The number of halogens is 4. The Labute approximate surface area is 166 Å². The number of alkyl halides is 3. The van der Waals surface area contributed by atoms with E-state index in [2.05, 4.69) is 15.5 Å². The maximum atomic E-state index is 12.8. The van der Waals surface area contributed by atoms with Crippen molar-refractivity contribution in [2.24, 2.45) is 0 Å². The van der Waals surface area contributed by atoms with Crippen LogP contribution in [0.15, 0.2) is 48.5 Å². The van der Waals surface area contributed by atoms with E-state index in [-0.39, 0.29) is 11.7 Å². The standard InChI is InChI=1S/C20H21ClF3N3O/c21-16-5-1-3-14(11-16)13-27-9-7-17(8-10-27)25-19(28)26-18-6-2-4-15(12-18)20(22,23)24/h1-6,11-12,17H,7-10,13H2,(H2,25,26,28). The maximum absolute atomic E-state index is 12.8. The summed E-state index contributed by atoms with van der Waals surface area (Å²) < 4.78 is 38.3. The molecule has 28 heavy (non-hydrogen) atoms. The van der Waals surface area contributed by atoms with Crippen LogP contribution in [-0.4, -0.2) is 30.1 Å². The van der Waals surface area contributed by atoms with Crippen LogP contribution in [0.3, 0.4) is 0 Å². The normalized spacial score (nSPS) is 16.0. The van der Waals surface area contributed by atoms with Crippen molar-refractivity contribution in [1.29, 1.82) is 0 Å². The number of rotatable bonds is 4. The van der Waals surface area contributed by atoms with Gasteiger partial charge in [0.05, 0.1) is 5.56 Å². The third-order valence-corrected chi connectivity index (χ3v) is 4.90. The molecule has 2 aromatic carbocycles. The predicted molar refractivity (Wildman–Crippen MR) is 103 cm³/mol. The van der Waals surface area contributed by atoms with Crippen LogP contribution in [0.25, 0.3) is 0 Å². The fourth-order valence-electron chi connectivity index (χ4n) is 3.25. The van der Waals surface area contributed by atoms with Crippen molar-refractivity contribution in [3.8, 4) is 0 Å². The molecule has 4 nitrogen and oxygen atoms in total. The molecule has 2 amide bonds. The molecule has 0 radical (unpaired) electrons. The van der Waals surface area contributed by atoms with Gasteiger partial charge >= 0.3 is 12.2 Å². The fraction of sp³-hybridized carbons (Fsp3) is 0.350. The first-order chi connectivity index (χ1) is 13.3. The number of nitrogens with zero attached hydrogens (tertiary/aromatic N) is 1. The zero-order valence-electron chi connectivity index (χ0n) is 15.1. The van der Waals surface area contributed by atoms with Gasteiger partial charge in [-0.2, -0.15) is 13.2 Å². The summed E-state index contributed by atoms with van der Waals surface area (Å²) in [6.45, 7) is 2.44. The van der Waals surface area contributed by atoms with E-state index in [4.69, 9.17) is 11.6 Å². The Bertz CT molecular complexity index is 820. The number of hydrogen-bond acceptors (Lipinski definition) is 2. The summed E-state index contributed by atoms with van der Waals surface area (Å²) in [4.78, 5) is 14.4. The van der Waals surface area contributed by atoms with E-state index in [9.17, 15) is 18.0 Å². The Hall–Kier alpha value is -2.25. The van der Waals surface area contributed by atoms with Crippen LogP contribution >= 0.6 is 11.6 Å². The van der Waals surface area contributed by atoms with E-state index in [1.165, 1.54) is 12.1 Å². The summed E-state index contributed by atoms with van der Waals surface area (Å²) in [5.74, 6) is 0. The summed E-state index contributed by atoms with van der Waals surface area (Å²) in [5, 5.41) is 6.03. The highest BCUT2D eigenvalue weighted by molar-refractivity contribution is 6.30. The zero-order chi connectivity index (χ0) is 20.1. The topological polar surface area (TPSA) is 44.4 Å². The summed E-state index contributed by atoms with van der Waals surface area (Å²) in [6.07, 6.45) is -2.89. The van der Waals surface area contributed by atoms with Gasteiger partial charge in [-0.3, -0.25) is 4.90 Å². The van der Waals surface area contributed by atoms with Crippen LogP contribution in [0.4, 0.5) is 23.7 Å². The van der Waals surface area contributed by atoms with Crippen LogP contribution in [-0.2, 0) is 12.7 Å². The molecule has 1 fully saturated rings. The molecule has 3 rings (SSSR count). The largest absolute Gasteiger partial charge is 0.416 e. The Morgan fingerprint density at radius 3 is 2.50 bits per heavy atom. The summed E-state index contributed by atoms with van der Waals surface area (Å²) in [6, 6.07) is 11.8. The second kappa shape index (κ2) is 8.84. The average Bonchev–Trinajstić information content (AvgIpc) is 2.63. The monoisotopic (exact) mass is 411 g/mol. The number of piperidine rings is 1. The van der Waals surface area contributed by atoms with Gasteiger partial charge in [0.1, 0.15) is 0 Å². The highest BCUT2D eigenvalue weighted by Gasteiger charge is 2.30. The number of anilines is 1. The molecule has 0 saturated carbocycles. The zero-order valence-corrected chi connectivity index (χ0v) is 15.9. The molecule has 1 aliphatic rings. The molecule has 2 aromatic rings. The Morgan fingerprint density at radius 2 is 1.82 bits per heavy atom. The van der Waals surface area contributed by atoms with Gasteiger partial charge in [-0.1, -0.05) is 29.8 Å². The molecule has 1 aliphatic heterocycles. The van der Waals surface area contributed by atoms with Gasteiger partial charge in [0, 0.05) is 36.4 Å². The SMILES string of the molecule is O=C(Nc1cccc(C(F)(F)F)c1)NC1CCN(Cc2cccc(Cl)c2)CC1. The molecule has 0 aliphatic carbocycles. The van der Waals surface area contributed by atoms with Gasteiger partial charge in [-0.15, -0.1) is 0 Å². The van der Waals surface area contributed by atoms with E-state index in [0.717, 1.165) is 50.2 Å². The lowest BCUT2D eigenvalue weighted by Crippen LogP contribution is -2.45. The first-order valence-corrected chi connectivity index (χ1v) is 9.39. The molecule has 1 heterocycles. The van der Waals surface area contributed by atoms with Crippen molar-refractivity contribution in [2.75, 3.05) is 18.4 Å². The number of carbonyl (C=O) groups is 1. The second-order valence-corrected chi connectivity index (χ2v) is 7.29. The van der Waals surface area contributed by atoms with E-state index in [1.807, 2.05) is 24.3 Å². The minimum absolute atomic E-state index is 0.0126. The number of benzene rings is 2. The van der Waals surface area contributed by atoms with Crippen molar-refractivity contribution in [3.63, 3.8) is 0 Å². The van der Waals surface area contributed by atoms with Crippen molar-refractivity contribution in [3.05, 3.63) is 64.7 Å². The third kappa shape index (κ3) is 5.87. The maximum Gasteiger partial charge on any atom is 0.416 e. The van der Waals surface area contributed by atoms with Gasteiger partial charge in [0.15, 0.2) is 0 Å². The number of urea groups is 1. The van der Waals surface area contributed by atoms with E-state index in [0.29, 0.717) is 5.02 Å². The molecular formula is C20H21ClF3N3O. The quantitative estimate of drug-likeness (QED) is 0.731. The molecule has 0 unspecified atom stereocenters. The Morgan fingerprint density at radius 1 is 1.11 bits per heavy atom.